The molecule has 14 heteroatoms. The molecule has 2 aromatic rings. The number of aryl methyl sites for hydroxylation is 1. The average Bonchev–Trinajstić information content (AvgIpc) is 3.25. The van der Waals surface area contributed by atoms with E-state index in [4.69, 9.17) is 34.9 Å². The molecule has 192 valence electrons. The Bertz CT molecular complexity index is 1200. The maximum atomic E-state index is 13.5. The van der Waals surface area contributed by atoms with Crippen molar-refractivity contribution in [1.82, 2.24) is 14.6 Å². The van der Waals surface area contributed by atoms with E-state index < -0.39 is 43.5 Å². The number of ether oxygens (including phenoxy) is 3. The zero-order valence-electron chi connectivity index (χ0n) is 19.6. The molecule has 0 spiro atoms. The molecule has 2 N–H and O–H groups in total. The zero-order valence-corrected chi connectivity index (χ0v) is 21.2. The van der Waals surface area contributed by atoms with Gasteiger partial charge in [0.05, 0.1) is 12.7 Å². The molecule has 0 saturated carbocycles. The highest BCUT2D eigenvalue weighted by atomic mass is 35.5. The molecule has 0 radical (unpaired) electrons. The van der Waals surface area contributed by atoms with E-state index in [1.165, 1.54) is 42.0 Å². The second kappa shape index (κ2) is 11.5. The molecule has 0 aliphatic carbocycles. The summed E-state index contributed by atoms with van der Waals surface area (Å²) in [6, 6.07) is 5.02. The molecule has 1 unspecified atom stereocenters. The second-order valence-electron chi connectivity index (χ2n) is 8.01. The van der Waals surface area contributed by atoms with E-state index >= 15 is 0 Å². The highest BCUT2D eigenvalue weighted by Gasteiger charge is 2.36. The molecule has 1 aromatic heterocycles. The van der Waals surface area contributed by atoms with Crippen molar-refractivity contribution in [2.45, 2.75) is 52.4 Å². The lowest BCUT2D eigenvalue weighted by Crippen LogP contribution is -2.37. The molecule has 2 heterocycles. The smallest absolute Gasteiger partial charge is 0.459 e. The predicted octanol–water partition coefficient (Wildman–Crippen LogP) is 2.50. The molecule has 12 nitrogen and oxygen atoms in total. The fourth-order valence-corrected chi connectivity index (χ4v) is 4.59. The van der Waals surface area contributed by atoms with Crippen LogP contribution in [0.15, 0.2) is 40.1 Å². The van der Waals surface area contributed by atoms with Crippen molar-refractivity contribution in [1.29, 1.82) is 0 Å². The van der Waals surface area contributed by atoms with Crippen LogP contribution in [0.3, 0.4) is 0 Å². The SMILES string of the molecule is Cc1cn([C@H]2CO[C@@H](COP(=O)(N[C@@H](C)C(=O)OC(C)C)Oc3ccc(Cl)cc3)O2)c(=O)[nH]c1=O. The van der Waals surface area contributed by atoms with Crippen LogP contribution in [-0.2, 0) is 28.1 Å². The topological polar surface area (TPSA) is 147 Å². The molecule has 1 saturated heterocycles. The van der Waals surface area contributed by atoms with E-state index in [2.05, 4.69) is 10.1 Å². The lowest BCUT2D eigenvalue weighted by atomic mass is 10.3. The van der Waals surface area contributed by atoms with E-state index in [9.17, 15) is 18.9 Å². The molecule has 0 bridgehead atoms. The van der Waals surface area contributed by atoms with E-state index in [0.29, 0.717) is 10.6 Å². The quantitative estimate of drug-likeness (QED) is 0.346. The van der Waals surface area contributed by atoms with Gasteiger partial charge in [0.1, 0.15) is 18.4 Å². The number of nitrogens with zero attached hydrogens (tertiary/aromatic N) is 1. The zero-order chi connectivity index (χ0) is 25.8. The van der Waals surface area contributed by atoms with Gasteiger partial charge < -0.3 is 18.7 Å². The van der Waals surface area contributed by atoms with Gasteiger partial charge in [0.25, 0.3) is 5.56 Å². The Morgan fingerprint density at radius 2 is 1.97 bits per heavy atom. The van der Waals surface area contributed by atoms with Crippen molar-refractivity contribution < 1.29 is 32.6 Å². The maximum Gasteiger partial charge on any atom is 0.459 e. The fraction of sp³-hybridized carbons (Fsp3) is 0.476. The van der Waals surface area contributed by atoms with E-state index in [0.717, 1.165) is 0 Å². The Labute approximate surface area is 206 Å². The predicted molar refractivity (Wildman–Crippen MR) is 125 cm³/mol. The van der Waals surface area contributed by atoms with Gasteiger partial charge in [-0.2, -0.15) is 5.09 Å². The number of nitrogens with one attached hydrogen (secondary N) is 2. The monoisotopic (exact) mass is 531 g/mol. The van der Waals surface area contributed by atoms with Crippen LogP contribution in [0.2, 0.25) is 5.02 Å². The third-order valence-corrected chi connectivity index (χ3v) is 6.56. The molecule has 4 atom stereocenters. The number of carbonyl (C=O) groups excluding carboxylic acids is 1. The third kappa shape index (κ3) is 7.50. The van der Waals surface area contributed by atoms with Crippen LogP contribution in [0.4, 0.5) is 0 Å². The minimum atomic E-state index is -4.15. The molecular formula is C21H27ClN3O9P. The number of H-pyrrole nitrogens is 1. The Morgan fingerprint density at radius 1 is 1.29 bits per heavy atom. The highest BCUT2D eigenvalue weighted by Crippen LogP contribution is 2.45. The number of halogens is 1. The van der Waals surface area contributed by atoms with Gasteiger partial charge in [0, 0.05) is 16.8 Å². The van der Waals surface area contributed by atoms with Gasteiger partial charge in [-0.05, 0) is 52.0 Å². The Morgan fingerprint density at radius 3 is 2.63 bits per heavy atom. The third-order valence-electron chi connectivity index (χ3n) is 4.67. The van der Waals surface area contributed by atoms with Crippen LogP contribution in [-0.4, -0.2) is 47.2 Å². The van der Waals surface area contributed by atoms with Crippen molar-refractivity contribution in [2.75, 3.05) is 13.2 Å². The number of carbonyl (C=O) groups is 1. The molecule has 1 aliphatic heterocycles. The van der Waals surface area contributed by atoms with Gasteiger partial charge in [-0.1, -0.05) is 11.6 Å². The van der Waals surface area contributed by atoms with Gasteiger partial charge in [-0.3, -0.25) is 23.7 Å². The maximum absolute atomic E-state index is 13.5. The van der Waals surface area contributed by atoms with E-state index in [-0.39, 0.29) is 25.1 Å². The standard InChI is InChI=1S/C21H27ClN3O9P/c1-12(2)32-20(27)14(4)24-35(29,34-16-7-5-15(22)6-8-16)31-11-18-30-10-17(33-18)25-9-13(3)19(26)23-21(25)28/h5-9,12,14,17-18H,10-11H2,1-4H3,(H,24,29)(H,23,26,28)/t14-,17+,18+,35?/m0/s1. The summed E-state index contributed by atoms with van der Waals surface area (Å²) in [5.41, 5.74) is -0.839. The number of benzene rings is 1. The average molecular weight is 532 g/mol. The van der Waals surface area contributed by atoms with Crippen LogP contribution in [0.5, 0.6) is 5.75 Å². The van der Waals surface area contributed by atoms with Crippen molar-refractivity contribution in [3.8, 4) is 5.75 Å². The first-order valence-electron chi connectivity index (χ1n) is 10.7. The number of aromatic nitrogens is 2. The van der Waals surface area contributed by atoms with Crippen molar-refractivity contribution in [3.05, 3.63) is 61.9 Å². The largest absolute Gasteiger partial charge is 0.462 e. The van der Waals surface area contributed by atoms with Gasteiger partial charge in [-0.15, -0.1) is 0 Å². The fourth-order valence-electron chi connectivity index (χ4n) is 2.98. The first kappa shape index (κ1) is 27.1. The summed E-state index contributed by atoms with van der Waals surface area (Å²) in [5, 5.41) is 2.99. The van der Waals surface area contributed by atoms with Crippen LogP contribution >= 0.6 is 19.3 Å². The Kier molecular flexibility index (Phi) is 8.92. The number of rotatable bonds is 10. The van der Waals surface area contributed by atoms with Gasteiger partial charge in [0.2, 0.25) is 0 Å². The number of aromatic amines is 1. The summed E-state index contributed by atoms with van der Waals surface area (Å²) < 4.78 is 42.1. The van der Waals surface area contributed by atoms with Crippen molar-refractivity contribution in [2.24, 2.45) is 0 Å². The highest BCUT2D eigenvalue weighted by molar-refractivity contribution is 7.52. The summed E-state index contributed by atoms with van der Waals surface area (Å²) in [5.74, 6) is -0.471. The van der Waals surface area contributed by atoms with Gasteiger partial charge >= 0.3 is 19.4 Å². The number of hydrogen-bond donors (Lipinski definition) is 2. The Balaban J connectivity index is 1.70. The number of hydrogen-bond acceptors (Lipinski definition) is 9. The van der Waals surface area contributed by atoms with Crippen LogP contribution < -0.4 is 20.9 Å². The van der Waals surface area contributed by atoms with Gasteiger partial charge in [0.15, 0.2) is 12.5 Å². The summed E-state index contributed by atoms with van der Waals surface area (Å²) >= 11 is 5.89. The first-order valence-corrected chi connectivity index (χ1v) is 12.6. The van der Waals surface area contributed by atoms with Crippen LogP contribution in [0, 0.1) is 6.92 Å². The summed E-state index contributed by atoms with van der Waals surface area (Å²) in [6.07, 6.45) is -0.866. The molecule has 1 aliphatic rings. The summed E-state index contributed by atoms with van der Waals surface area (Å²) in [6.45, 7) is 5.99. The molecule has 1 fully saturated rings. The van der Waals surface area contributed by atoms with Crippen molar-refractivity contribution in [3.63, 3.8) is 0 Å². The molecule has 1 aromatic carbocycles. The Hall–Kier alpha value is -2.47. The lowest BCUT2D eigenvalue weighted by molar-refractivity contribution is -0.149. The molecular weight excluding hydrogens is 505 g/mol. The molecule has 35 heavy (non-hydrogen) atoms. The first-order chi connectivity index (χ1) is 16.5. The summed E-state index contributed by atoms with van der Waals surface area (Å²) in [4.78, 5) is 38.1. The minimum Gasteiger partial charge on any atom is -0.462 e. The van der Waals surface area contributed by atoms with E-state index in [1.807, 2.05) is 0 Å². The molecule has 3 rings (SSSR count). The van der Waals surface area contributed by atoms with E-state index in [1.54, 1.807) is 20.8 Å². The lowest BCUT2D eigenvalue weighted by Gasteiger charge is -2.24. The molecule has 0 amide bonds. The van der Waals surface area contributed by atoms with Crippen LogP contribution in [0.1, 0.15) is 32.6 Å². The van der Waals surface area contributed by atoms with Crippen LogP contribution in [0.25, 0.3) is 0 Å². The van der Waals surface area contributed by atoms with Gasteiger partial charge in [-0.25, -0.2) is 9.36 Å². The summed E-state index contributed by atoms with van der Waals surface area (Å²) in [7, 11) is -4.15. The number of esters is 1. The minimum absolute atomic E-state index is 0.0215. The second-order valence-corrected chi connectivity index (χ2v) is 10.1. The normalized spacial score (nSPS) is 20.4. The van der Waals surface area contributed by atoms with Crippen molar-refractivity contribution >= 4 is 25.3 Å².